The van der Waals surface area contributed by atoms with Crippen molar-refractivity contribution in [1.29, 1.82) is 0 Å². The van der Waals surface area contributed by atoms with Gasteiger partial charge in [0.05, 0.1) is 5.30 Å². The molecule has 0 fully saturated rings. The molecule has 2 aromatic carbocycles. The van der Waals surface area contributed by atoms with Crippen LogP contribution in [0.1, 0.15) is 5.56 Å². The molecule has 78 valence electrons. The summed E-state index contributed by atoms with van der Waals surface area (Å²) >= 11 is 0. The molecule has 0 saturated carbocycles. The van der Waals surface area contributed by atoms with Crippen LogP contribution in [0.5, 0.6) is 0 Å². The third-order valence-electron chi connectivity index (χ3n) is 2.40. The molecule has 0 bridgehead atoms. The van der Waals surface area contributed by atoms with Crippen molar-refractivity contribution >= 4 is 23.7 Å². The maximum absolute atomic E-state index is 11.3. The fourth-order valence-corrected chi connectivity index (χ4v) is 2.63. The van der Waals surface area contributed by atoms with Crippen molar-refractivity contribution in [3.63, 3.8) is 0 Å². The Kier molecular flexibility index (Phi) is 2.39. The summed E-state index contributed by atoms with van der Waals surface area (Å²) in [4.78, 5) is 18.4. The first-order valence-corrected chi connectivity index (χ1v) is 6.16. The Morgan fingerprint density at radius 1 is 1.07 bits per heavy atom. The van der Waals surface area contributed by atoms with E-state index < -0.39 is 7.60 Å². The van der Waals surface area contributed by atoms with Crippen LogP contribution < -0.4 is 5.30 Å². The van der Waals surface area contributed by atoms with Gasteiger partial charge in [-0.25, -0.2) is 0 Å². The Morgan fingerprint density at radius 3 is 2.27 bits per heavy atom. The summed E-state index contributed by atoms with van der Waals surface area (Å²) in [6.07, 6.45) is 0. The molecule has 0 saturated heterocycles. The molecule has 15 heavy (non-hydrogen) atoms. The molecular weight excluding hydrogens is 211 g/mol. The van der Waals surface area contributed by atoms with Gasteiger partial charge in [0, 0.05) is 0 Å². The van der Waals surface area contributed by atoms with E-state index in [1.165, 1.54) is 6.07 Å². The lowest BCUT2D eigenvalue weighted by molar-refractivity contribution is 0.387. The lowest BCUT2D eigenvalue weighted by Gasteiger charge is -2.10. The largest absolute Gasteiger partial charge is 0.356 e. The predicted molar refractivity (Wildman–Crippen MR) is 60.4 cm³/mol. The lowest BCUT2D eigenvalue weighted by Crippen LogP contribution is -2.06. The number of aryl methyl sites for hydroxylation is 1. The van der Waals surface area contributed by atoms with Crippen LogP contribution in [0.3, 0.4) is 0 Å². The van der Waals surface area contributed by atoms with Gasteiger partial charge in [-0.15, -0.1) is 0 Å². The molecule has 2 aromatic rings. The molecule has 0 aliphatic carbocycles. The van der Waals surface area contributed by atoms with Gasteiger partial charge in [0.1, 0.15) is 0 Å². The van der Waals surface area contributed by atoms with Gasteiger partial charge in [-0.1, -0.05) is 30.3 Å². The molecule has 0 atom stereocenters. The van der Waals surface area contributed by atoms with E-state index in [-0.39, 0.29) is 5.30 Å². The second-order valence-electron chi connectivity index (χ2n) is 3.49. The zero-order chi connectivity index (χ0) is 11.1. The second-order valence-corrected chi connectivity index (χ2v) is 5.06. The van der Waals surface area contributed by atoms with Crippen molar-refractivity contribution in [2.45, 2.75) is 6.92 Å². The summed E-state index contributed by atoms with van der Waals surface area (Å²) in [5.41, 5.74) is 0.881. The summed E-state index contributed by atoms with van der Waals surface area (Å²) < 4.78 is 11.3. The molecule has 0 amide bonds. The summed E-state index contributed by atoms with van der Waals surface area (Å²) in [5, 5.41) is 1.63. The number of hydrogen-bond donors (Lipinski definition) is 2. The third kappa shape index (κ3) is 1.82. The average Bonchev–Trinajstić information content (AvgIpc) is 2.16. The van der Waals surface area contributed by atoms with Crippen molar-refractivity contribution in [1.82, 2.24) is 0 Å². The molecule has 3 nitrogen and oxygen atoms in total. The van der Waals surface area contributed by atoms with Crippen LogP contribution in [0, 0.1) is 6.92 Å². The van der Waals surface area contributed by atoms with Crippen LogP contribution in [0.2, 0.25) is 0 Å². The van der Waals surface area contributed by atoms with Crippen LogP contribution in [0.15, 0.2) is 36.4 Å². The Labute approximate surface area is 87.5 Å². The molecule has 0 aliphatic heterocycles. The van der Waals surface area contributed by atoms with E-state index in [0.717, 1.165) is 10.9 Å². The second kappa shape index (κ2) is 3.46. The normalized spacial score (nSPS) is 11.9. The monoisotopic (exact) mass is 222 g/mol. The molecule has 0 spiro atoms. The number of rotatable bonds is 1. The molecule has 2 rings (SSSR count). The first-order chi connectivity index (χ1) is 7.00. The van der Waals surface area contributed by atoms with Gasteiger partial charge in [-0.3, -0.25) is 4.57 Å². The minimum atomic E-state index is -4.19. The summed E-state index contributed by atoms with van der Waals surface area (Å²) in [7, 11) is -4.19. The fraction of sp³-hybridized carbons (Fsp3) is 0.0909. The molecule has 0 aromatic heterocycles. The smallest absolute Gasteiger partial charge is 0.321 e. The molecular formula is C11H11O3P. The van der Waals surface area contributed by atoms with E-state index in [2.05, 4.69) is 0 Å². The first-order valence-electron chi connectivity index (χ1n) is 4.54. The van der Waals surface area contributed by atoms with Gasteiger partial charge in [0.15, 0.2) is 0 Å². The SMILES string of the molecule is Cc1cccc2cccc(P(=O)(O)O)c12. The van der Waals surface area contributed by atoms with Crippen molar-refractivity contribution in [2.24, 2.45) is 0 Å². The zero-order valence-electron chi connectivity index (χ0n) is 8.21. The van der Waals surface area contributed by atoms with E-state index in [0.29, 0.717) is 5.39 Å². The topological polar surface area (TPSA) is 57.5 Å². The van der Waals surface area contributed by atoms with Crippen molar-refractivity contribution in [3.05, 3.63) is 42.0 Å². The maximum Gasteiger partial charge on any atom is 0.356 e. The number of benzene rings is 2. The van der Waals surface area contributed by atoms with Crippen LogP contribution in [0.4, 0.5) is 0 Å². The van der Waals surface area contributed by atoms with E-state index in [4.69, 9.17) is 0 Å². The highest BCUT2D eigenvalue weighted by molar-refractivity contribution is 7.60. The highest BCUT2D eigenvalue weighted by Gasteiger charge is 2.20. The maximum atomic E-state index is 11.3. The summed E-state index contributed by atoms with van der Waals surface area (Å²) in [6.45, 7) is 1.85. The minimum Gasteiger partial charge on any atom is -0.321 e. The van der Waals surface area contributed by atoms with Crippen molar-refractivity contribution in [3.8, 4) is 0 Å². The standard InChI is InChI=1S/C11H11O3P/c1-8-4-2-5-9-6-3-7-10(11(8)9)15(12,13)14/h2-7H,1H3,(H2,12,13,14). The highest BCUT2D eigenvalue weighted by Crippen LogP contribution is 2.37. The average molecular weight is 222 g/mol. The lowest BCUT2D eigenvalue weighted by atomic mass is 10.1. The summed E-state index contributed by atoms with van der Waals surface area (Å²) in [6, 6.07) is 10.6. The van der Waals surface area contributed by atoms with Crippen molar-refractivity contribution < 1.29 is 14.4 Å². The van der Waals surface area contributed by atoms with E-state index in [9.17, 15) is 14.4 Å². The molecule has 0 radical (unpaired) electrons. The fourth-order valence-electron chi connectivity index (χ4n) is 1.75. The minimum absolute atomic E-state index is 0.109. The molecule has 4 heteroatoms. The van der Waals surface area contributed by atoms with Crippen LogP contribution in [-0.2, 0) is 4.57 Å². The van der Waals surface area contributed by atoms with Gasteiger partial charge in [-0.2, -0.15) is 0 Å². The third-order valence-corrected chi connectivity index (χ3v) is 3.41. The zero-order valence-corrected chi connectivity index (χ0v) is 9.11. The quantitative estimate of drug-likeness (QED) is 0.725. The van der Waals surface area contributed by atoms with Gasteiger partial charge >= 0.3 is 7.60 Å². The van der Waals surface area contributed by atoms with Gasteiger partial charge in [0.2, 0.25) is 0 Å². The highest BCUT2D eigenvalue weighted by atomic mass is 31.2. The van der Waals surface area contributed by atoms with Crippen LogP contribution in [-0.4, -0.2) is 9.79 Å². The van der Waals surface area contributed by atoms with Crippen LogP contribution in [0.25, 0.3) is 10.8 Å². The van der Waals surface area contributed by atoms with Gasteiger partial charge in [-0.05, 0) is 29.3 Å². The number of fused-ring (bicyclic) bond motifs is 1. The first kappa shape index (κ1) is 10.4. The Balaban J connectivity index is 2.93. The van der Waals surface area contributed by atoms with E-state index >= 15 is 0 Å². The van der Waals surface area contributed by atoms with Crippen molar-refractivity contribution in [2.75, 3.05) is 0 Å². The predicted octanol–water partition coefficient (Wildman–Crippen LogP) is 1.95. The molecule has 0 unspecified atom stereocenters. The Morgan fingerprint density at radius 2 is 1.67 bits per heavy atom. The van der Waals surface area contributed by atoms with Crippen LogP contribution >= 0.6 is 7.60 Å². The van der Waals surface area contributed by atoms with E-state index in [1.807, 2.05) is 31.2 Å². The summed E-state index contributed by atoms with van der Waals surface area (Å²) in [5.74, 6) is 0. The Hall–Kier alpha value is -1.15. The molecule has 0 aliphatic rings. The van der Waals surface area contributed by atoms with Gasteiger partial charge < -0.3 is 9.79 Å². The molecule has 0 heterocycles. The van der Waals surface area contributed by atoms with E-state index in [1.54, 1.807) is 6.07 Å². The van der Waals surface area contributed by atoms with Gasteiger partial charge in [0.25, 0.3) is 0 Å². The number of hydrogen-bond acceptors (Lipinski definition) is 1. The Bertz CT molecular complexity index is 552. The molecule has 2 N–H and O–H groups in total.